The molecule has 1 N–H and O–H groups in total. The van der Waals surface area contributed by atoms with Crippen LogP contribution in [0.5, 0.6) is 0 Å². The molecule has 140 valence electrons. The molecule has 27 heavy (non-hydrogen) atoms. The van der Waals surface area contributed by atoms with Crippen molar-refractivity contribution >= 4 is 40.1 Å². The molecule has 4 rings (SSSR count). The van der Waals surface area contributed by atoms with Gasteiger partial charge in [-0.25, -0.2) is 4.98 Å². The predicted octanol–water partition coefficient (Wildman–Crippen LogP) is 3.75. The molecule has 3 aromatic rings. The lowest BCUT2D eigenvalue weighted by Crippen LogP contribution is -2.21. The molecule has 2 aromatic heterocycles. The third-order valence-electron chi connectivity index (χ3n) is 4.66. The summed E-state index contributed by atoms with van der Waals surface area (Å²) in [6.07, 6.45) is 2.95. The van der Waals surface area contributed by atoms with Crippen molar-refractivity contribution in [3.8, 4) is 0 Å². The Labute approximate surface area is 161 Å². The van der Waals surface area contributed by atoms with Gasteiger partial charge < -0.3 is 14.7 Å². The molecule has 1 amide bonds. The summed E-state index contributed by atoms with van der Waals surface area (Å²) in [6, 6.07) is 7.15. The van der Waals surface area contributed by atoms with Gasteiger partial charge in [-0.3, -0.25) is 4.79 Å². The molecule has 0 bridgehead atoms. The molecule has 1 saturated heterocycles. The zero-order valence-corrected chi connectivity index (χ0v) is 15.8. The lowest BCUT2D eigenvalue weighted by Gasteiger charge is -2.17. The van der Waals surface area contributed by atoms with Gasteiger partial charge in [-0.2, -0.15) is 4.98 Å². The average Bonchev–Trinajstić information content (AvgIpc) is 3.32. The van der Waals surface area contributed by atoms with Crippen molar-refractivity contribution in [2.45, 2.75) is 32.6 Å². The Morgan fingerprint density at radius 3 is 2.81 bits per heavy atom. The maximum absolute atomic E-state index is 12.3. The normalized spacial score (nSPS) is 14.1. The number of carbonyl (C=O) groups is 1. The van der Waals surface area contributed by atoms with Gasteiger partial charge >= 0.3 is 0 Å². The van der Waals surface area contributed by atoms with Gasteiger partial charge in [0.25, 0.3) is 5.71 Å². The van der Waals surface area contributed by atoms with Crippen molar-refractivity contribution in [2.75, 3.05) is 23.3 Å². The number of nitrogens with one attached hydrogen (secondary N) is 1. The average molecular weight is 386 g/mol. The van der Waals surface area contributed by atoms with E-state index >= 15 is 0 Å². The van der Waals surface area contributed by atoms with E-state index in [9.17, 15) is 4.79 Å². The molecule has 0 saturated carbocycles. The summed E-state index contributed by atoms with van der Waals surface area (Å²) in [4.78, 5) is 23.7. The van der Waals surface area contributed by atoms with Crippen molar-refractivity contribution in [2.24, 2.45) is 0 Å². The van der Waals surface area contributed by atoms with E-state index in [1.54, 1.807) is 12.1 Å². The molecule has 1 fully saturated rings. The monoisotopic (exact) mass is 385 g/mol. The third kappa shape index (κ3) is 3.73. The minimum atomic E-state index is -0.136. The van der Waals surface area contributed by atoms with E-state index in [4.69, 9.17) is 21.1 Å². The number of aromatic nitrogens is 3. The van der Waals surface area contributed by atoms with Crippen LogP contribution >= 0.6 is 11.6 Å². The molecule has 1 aliphatic rings. The molecule has 1 aliphatic heterocycles. The predicted molar refractivity (Wildman–Crippen MR) is 104 cm³/mol. The molecule has 0 spiro atoms. The zero-order chi connectivity index (χ0) is 18.8. The van der Waals surface area contributed by atoms with Gasteiger partial charge in [0, 0.05) is 25.9 Å². The molecular weight excluding hydrogens is 366 g/mol. The maximum Gasteiger partial charge on any atom is 0.263 e. The molecule has 8 heteroatoms. The van der Waals surface area contributed by atoms with E-state index < -0.39 is 0 Å². The second-order valence-corrected chi connectivity index (χ2v) is 7.04. The number of nitrogens with zero attached hydrogens (tertiary/aromatic N) is 4. The molecule has 0 atom stereocenters. The standard InChI is InChI=1S/C19H20ClN5O2/c1-12-17-18(25-10-4-5-11-25)22-15(23-19(17)27-24-12)8-9-16(26)21-14-7-3-2-6-13(14)20/h2-3,6-7H,4-5,8-11H2,1H3,(H,21,26). The summed E-state index contributed by atoms with van der Waals surface area (Å²) < 4.78 is 5.36. The second-order valence-electron chi connectivity index (χ2n) is 6.63. The summed E-state index contributed by atoms with van der Waals surface area (Å²) in [6.45, 7) is 3.82. The van der Waals surface area contributed by atoms with Gasteiger partial charge in [0.05, 0.1) is 16.4 Å². The number of hydrogen-bond donors (Lipinski definition) is 1. The highest BCUT2D eigenvalue weighted by Crippen LogP contribution is 2.29. The fourth-order valence-electron chi connectivity index (χ4n) is 3.28. The van der Waals surface area contributed by atoms with Crippen LogP contribution in [0, 0.1) is 6.92 Å². The highest BCUT2D eigenvalue weighted by Gasteiger charge is 2.22. The molecule has 1 aromatic carbocycles. The van der Waals surface area contributed by atoms with Crippen molar-refractivity contribution in [3.05, 3.63) is 40.8 Å². The van der Waals surface area contributed by atoms with Crippen molar-refractivity contribution in [1.29, 1.82) is 0 Å². The van der Waals surface area contributed by atoms with Crippen LogP contribution in [-0.2, 0) is 11.2 Å². The zero-order valence-electron chi connectivity index (χ0n) is 15.0. The van der Waals surface area contributed by atoms with Crippen LogP contribution in [0.15, 0.2) is 28.8 Å². The Balaban J connectivity index is 1.52. The summed E-state index contributed by atoms with van der Waals surface area (Å²) in [5, 5.41) is 8.22. The minimum Gasteiger partial charge on any atom is -0.356 e. The highest BCUT2D eigenvalue weighted by molar-refractivity contribution is 6.33. The minimum absolute atomic E-state index is 0.136. The van der Waals surface area contributed by atoms with Crippen LogP contribution in [-0.4, -0.2) is 34.1 Å². The topological polar surface area (TPSA) is 84.1 Å². The SMILES string of the molecule is Cc1noc2nc(CCC(=O)Nc3ccccc3Cl)nc(N3CCCC3)c12. The fourth-order valence-corrected chi connectivity index (χ4v) is 3.47. The maximum atomic E-state index is 12.3. The van der Waals surface area contributed by atoms with Gasteiger partial charge in [-0.05, 0) is 31.9 Å². The van der Waals surface area contributed by atoms with Gasteiger partial charge in [-0.15, -0.1) is 0 Å². The lowest BCUT2D eigenvalue weighted by atomic mass is 10.2. The van der Waals surface area contributed by atoms with E-state index in [0.717, 1.165) is 42.8 Å². The van der Waals surface area contributed by atoms with E-state index in [1.165, 1.54) is 0 Å². The summed E-state index contributed by atoms with van der Waals surface area (Å²) in [7, 11) is 0. The summed E-state index contributed by atoms with van der Waals surface area (Å²) in [5.74, 6) is 1.30. The molecule has 0 aliphatic carbocycles. The second kappa shape index (κ2) is 7.52. The van der Waals surface area contributed by atoms with Crippen LogP contribution < -0.4 is 10.2 Å². The number of aryl methyl sites for hydroxylation is 2. The number of benzene rings is 1. The van der Waals surface area contributed by atoms with Gasteiger partial charge in [0.1, 0.15) is 17.0 Å². The fraction of sp³-hybridized carbons (Fsp3) is 0.368. The number of para-hydroxylation sites is 1. The number of rotatable bonds is 5. The first-order valence-electron chi connectivity index (χ1n) is 9.04. The number of hydrogen-bond acceptors (Lipinski definition) is 6. The number of halogens is 1. The number of anilines is 2. The van der Waals surface area contributed by atoms with Gasteiger partial charge in [0.15, 0.2) is 0 Å². The van der Waals surface area contributed by atoms with Crippen molar-refractivity contribution < 1.29 is 9.32 Å². The highest BCUT2D eigenvalue weighted by atomic mass is 35.5. The van der Waals surface area contributed by atoms with Crippen LogP contribution in [0.1, 0.15) is 30.8 Å². The lowest BCUT2D eigenvalue weighted by molar-refractivity contribution is -0.116. The molecule has 7 nitrogen and oxygen atoms in total. The Hall–Kier alpha value is -2.67. The van der Waals surface area contributed by atoms with Crippen LogP contribution in [0.3, 0.4) is 0 Å². The summed E-state index contributed by atoms with van der Waals surface area (Å²) in [5.41, 5.74) is 1.87. The van der Waals surface area contributed by atoms with Crippen molar-refractivity contribution in [1.82, 2.24) is 15.1 Å². The first kappa shape index (κ1) is 17.7. The van der Waals surface area contributed by atoms with E-state index in [2.05, 4.69) is 20.4 Å². The molecule has 0 unspecified atom stereocenters. The van der Waals surface area contributed by atoms with Crippen LogP contribution in [0.4, 0.5) is 11.5 Å². The smallest absolute Gasteiger partial charge is 0.263 e. The van der Waals surface area contributed by atoms with Crippen LogP contribution in [0.2, 0.25) is 5.02 Å². The van der Waals surface area contributed by atoms with Crippen molar-refractivity contribution in [3.63, 3.8) is 0 Å². The first-order valence-corrected chi connectivity index (χ1v) is 9.42. The third-order valence-corrected chi connectivity index (χ3v) is 4.99. The number of carbonyl (C=O) groups excluding carboxylic acids is 1. The van der Waals surface area contributed by atoms with Crippen LogP contribution in [0.25, 0.3) is 11.1 Å². The van der Waals surface area contributed by atoms with E-state index in [1.807, 2.05) is 19.1 Å². The molecule has 3 heterocycles. The number of fused-ring (bicyclic) bond motifs is 1. The van der Waals surface area contributed by atoms with E-state index in [0.29, 0.717) is 28.7 Å². The molecular formula is C19H20ClN5O2. The van der Waals surface area contributed by atoms with Gasteiger partial charge in [-0.1, -0.05) is 28.9 Å². The Morgan fingerprint density at radius 1 is 1.26 bits per heavy atom. The Morgan fingerprint density at radius 2 is 2.04 bits per heavy atom. The number of amides is 1. The Kier molecular flexibility index (Phi) is 4.94. The van der Waals surface area contributed by atoms with E-state index in [-0.39, 0.29) is 12.3 Å². The Bertz CT molecular complexity index is 981. The largest absolute Gasteiger partial charge is 0.356 e. The van der Waals surface area contributed by atoms with Gasteiger partial charge in [0.2, 0.25) is 5.91 Å². The summed E-state index contributed by atoms with van der Waals surface area (Å²) >= 11 is 6.08. The quantitative estimate of drug-likeness (QED) is 0.720. The first-order chi connectivity index (χ1) is 13.1. The molecule has 0 radical (unpaired) electrons.